The second-order valence-corrected chi connectivity index (χ2v) is 5.68. The quantitative estimate of drug-likeness (QED) is 0.866. The predicted octanol–water partition coefficient (Wildman–Crippen LogP) is 3.25. The molecule has 1 N–H and O–H groups in total. The second-order valence-electron chi connectivity index (χ2n) is 4.88. The van der Waals surface area contributed by atoms with Gasteiger partial charge in [0.15, 0.2) is 0 Å². The molecular weight excluding hydrogens is 329 g/mol. The highest BCUT2D eigenvalue weighted by molar-refractivity contribution is 9.10. The predicted molar refractivity (Wildman–Crippen MR) is 75.3 cm³/mol. The number of likely N-dealkylation sites (tertiary alicyclic amines) is 1. The van der Waals surface area contributed by atoms with Crippen LogP contribution in [0.3, 0.4) is 0 Å². The number of amides is 1. The van der Waals surface area contributed by atoms with E-state index in [2.05, 4.69) is 21.0 Å². The van der Waals surface area contributed by atoms with Gasteiger partial charge < -0.3 is 10.0 Å². The molecule has 1 fully saturated rings. The van der Waals surface area contributed by atoms with Crippen LogP contribution < -0.4 is 0 Å². The molecule has 0 unspecified atom stereocenters. The Hall–Kier alpha value is -1.63. The van der Waals surface area contributed by atoms with E-state index in [1.54, 1.807) is 12.3 Å². The highest BCUT2D eigenvalue weighted by Gasteiger charge is 2.25. The molecular formula is C13H13BrFN3O2. The van der Waals surface area contributed by atoms with Crippen LogP contribution in [0.15, 0.2) is 22.8 Å². The van der Waals surface area contributed by atoms with Crippen molar-refractivity contribution in [3.05, 3.63) is 28.6 Å². The van der Waals surface area contributed by atoms with Crippen molar-refractivity contribution in [3.8, 4) is 0 Å². The Morgan fingerprint density at radius 2 is 2.10 bits per heavy atom. The first-order valence-corrected chi connectivity index (χ1v) is 7.16. The molecule has 0 spiro atoms. The Labute approximate surface area is 123 Å². The van der Waals surface area contributed by atoms with Gasteiger partial charge in [-0.05, 0) is 40.9 Å². The van der Waals surface area contributed by atoms with E-state index in [-0.39, 0.29) is 11.9 Å². The highest BCUT2D eigenvalue weighted by atomic mass is 79.9. The van der Waals surface area contributed by atoms with Crippen LogP contribution in [0, 0.1) is 5.82 Å². The first kappa shape index (κ1) is 13.4. The molecule has 0 radical (unpaired) electrons. The molecule has 20 heavy (non-hydrogen) atoms. The molecule has 1 amide bonds. The molecule has 2 heterocycles. The van der Waals surface area contributed by atoms with Gasteiger partial charge in [0, 0.05) is 18.5 Å². The van der Waals surface area contributed by atoms with E-state index in [0.29, 0.717) is 17.6 Å². The number of piperidine rings is 1. The van der Waals surface area contributed by atoms with Gasteiger partial charge >= 0.3 is 6.09 Å². The minimum absolute atomic E-state index is 0.153. The summed E-state index contributed by atoms with van der Waals surface area (Å²) in [4.78, 5) is 12.3. The second kappa shape index (κ2) is 5.05. The van der Waals surface area contributed by atoms with E-state index in [1.165, 1.54) is 11.0 Å². The van der Waals surface area contributed by atoms with E-state index in [4.69, 9.17) is 5.11 Å². The van der Waals surface area contributed by atoms with Gasteiger partial charge in [-0.15, -0.1) is 0 Å². The van der Waals surface area contributed by atoms with Gasteiger partial charge in [0.25, 0.3) is 0 Å². The Morgan fingerprint density at radius 1 is 1.40 bits per heavy atom. The number of benzene rings is 1. The van der Waals surface area contributed by atoms with Crippen molar-refractivity contribution in [2.75, 3.05) is 13.1 Å². The molecule has 0 aliphatic carbocycles. The summed E-state index contributed by atoms with van der Waals surface area (Å²) < 4.78 is 15.8. The number of rotatable bonds is 1. The van der Waals surface area contributed by atoms with Crippen LogP contribution in [-0.4, -0.2) is 39.0 Å². The lowest BCUT2D eigenvalue weighted by Crippen LogP contribution is -2.38. The zero-order valence-corrected chi connectivity index (χ0v) is 12.2. The van der Waals surface area contributed by atoms with Crippen LogP contribution in [-0.2, 0) is 0 Å². The summed E-state index contributed by atoms with van der Waals surface area (Å²) in [6.45, 7) is 1.01. The van der Waals surface area contributed by atoms with Crippen molar-refractivity contribution >= 4 is 32.9 Å². The average molecular weight is 342 g/mol. The number of aromatic nitrogens is 2. The highest BCUT2D eigenvalue weighted by Crippen LogP contribution is 2.31. The molecule has 1 aliphatic heterocycles. The minimum Gasteiger partial charge on any atom is -0.465 e. The molecule has 1 saturated heterocycles. The summed E-state index contributed by atoms with van der Waals surface area (Å²) >= 11 is 3.23. The zero-order valence-electron chi connectivity index (χ0n) is 10.6. The SMILES string of the molecule is O=C(O)N1CCC(n2ncc3c(Br)c(F)ccc32)CC1. The van der Waals surface area contributed by atoms with Gasteiger partial charge in [0.05, 0.1) is 22.2 Å². The summed E-state index contributed by atoms with van der Waals surface area (Å²) in [6.07, 6.45) is 2.21. The molecule has 1 aliphatic rings. The van der Waals surface area contributed by atoms with Crippen LogP contribution in [0.25, 0.3) is 10.9 Å². The topological polar surface area (TPSA) is 58.4 Å². The zero-order chi connectivity index (χ0) is 14.3. The lowest BCUT2D eigenvalue weighted by Gasteiger charge is -2.30. The fraction of sp³-hybridized carbons (Fsp3) is 0.385. The van der Waals surface area contributed by atoms with Crippen molar-refractivity contribution < 1.29 is 14.3 Å². The van der Waals surface area contributed by atoms with Gasteiger partial charge in [-0.25, -0.2) is 9.18 Å². The molecule has 1 aromatic heterocycles. The molecule has 106 valence electrons. The number of carboxylic acid groups (broad SMARTS) is 1. The number of halogens is 2. The monoisotopic (exact) mass is 341 g/mol. The summed E-state index contributed by atoms with van der Waals surface area (Å²) in [6, 6.07) is 3.28. The van der Waals surface area contributed by atoms with Crippen LogP contribution in [0.1, 0.15) is 18.9 Å². The van der Waals surface area contributed by atoms with E-state index in [1.807, 2.05) is 4.68 Å². The third-order valence-electron chi connectivity index (χ3n) is 3.75. The van der Waals surface area contributed by atoms with E-state index in [0.717, 1.165) is 23.7 Å². The van der Waals surface area contributed by atoms with Crippen molar-refractivity contribution in [1.82, 2.24) is 14.7 Å². The summed E-state index contributed by atoms with van der Waals surface area (Å²) in [7, 11) is 0. The lowest BCUT2D eigenvalue weighted by molar-refractivity contribution is 0.124. The molecule has 0 saturated carbocycles. The summed E-state index contributed by atoms with van der Waals surface area (Å²) in [5.41, 5.74) is 0.868. The van der Waals surface area contributed by atoms with Crippen molar-refractivity contribution in [3.63, 3.8) is 0 Å². The van der Waals surface area contributed by atoms with E-state index in [9.17, 15) is 9.18 Å². The molecule has 0 atom stereocenters. The average Bonchev–Trinajstić information content (AvgIpc) is 2.87. The number of nitrogens with zero attached hydrogens (tertiary/aromatic N) is 3. The maximum Gasteiger partial charge on any atom is 0.407 e. The standard InChI is InChI=1S/C13H13BrFN3O2/c14-12-9-7-16-18(11(9)2-1-10(12)15)8-3-5-17(6-4-8)13(19)20/h1-2,7-8H,3-6H2,(H,19,20). The Bertz CT molecular complexity index is 665. The Morgan fingerprint density at radius 3 is 2.75 bits per heavy atom. The maximum absolute atomic E-state index is 13.5. The lowest BCUT2D eigenvalue weighted by atomic mass is 10.1. The molecule has 0 bridgehead atoms. The first-order chi connectivity index (χ1) is 9.58. The smallest absolute Gasteiger partial charge is 0.407 e. The van der Waals surface area contributed by atoms with Crippen LogP contribution in [0.5, 0.6) is 0 Å². The molecule has 2 aromatic rings. The number of hydrogen-bond donors (Lipinski definition) is 1. The molecule has 1 aromatic carbocycles. The normalized spacial score (nSPS) is 16.8. The number of hydrogen-bond acceptors (Lipinski definition) is 2. The number of fused-ring (bicyclic) bond motifs is 1. The molecule has 3 rings (SSSR count). The third kappa shape index (κ3) is 2.15. The van der Waals surface area contributed by atoms with Crippen LogP contribution in [0.4, 0.5) is 9.18 Å². The van der Waals surface area contributed by atoms with Crippen molar-refractivity contribution in [1.29, 1.82) is 0 Å². The Kier molecular flexibility index (Phi) is 3.37. The van der Waals surface area contributed by atoms with E-state index < -0.39 is 6.09 Å². The van der Waals surface area contributed by atoms with Crippen molar-refractivity contribution in [2.45, 2.75) is 18.9 Å². The third-order valence-corrected chi connectivity index (χ3v) is 4.55. The molecule has 5 nitrogen and oxygen atoms in total. The summed E-state index contributed by atoms with van der Waals surface area (Å²) in [5.74, 6) is -0.308. The fourth-order valence-corrected chi connectivity index (χ4v) is 3.09. The fourth-order valence-electron chi connectivity index (χ4n) is 2.65. The maximum atomic E-state index is 13.5. The van der Waals surface area contributed by atoms with E-state index >= 15 is 0 Å². The van der Waals surface area contributed by atoms with Crippen molar-refractivity contribution in [2.24, 2.45) is 0 Å². The summed E-state index contributed by atoms with van der Waals surface area (Å²) in [5, 5.41) is 14.0. The molecule has 7 heteroatoms. The van der Waals surface area contributed by atoms with Crippen LogP contribution in [0.2, 0.25) is 0 Å². The minimum atomic E-state index is -0.876. The van der Waals surface area contributed by atoms with Gasteiger partial charge in [-0.1, -0.05) is 0 Å². The van der Waals surface area contributed by atoms with Gasteiger partial charge in [-0.2, -0.15) is 5.10 Å². The Balaban J connectivity index is 1.89. The van der Waals surface area contributed by atoms with Gasteiger partial charge in [0.2, 0.25) is 0 Å². The van der Waals surface area contributed by atoms with Crippen LogP contribution >= 0.6 is 15.9 Å². The van der Waals surface area contributed by atoms with Gasteiger partial charge in [-0.3, -0.25) is 4.68 Å². The first-order valence-electron chi connectivity index (χ1n) is 6.37. The van der Waals surface area contributed by atoms with Gasteiger partial charge in [0.1, 0.15) is 5.82 Å². The number of carbonyl (C=O) groups is 1. The largest absolute Gasteiger partial charge is 0.465 e.